The first kappa shape index (κ1) is 21.9. The molecule has 2 aliphatic heterocycles. The van der Waals surface area contributed by atoms with E-state index in [1.165, 1.54) is 30.5 Å². The van der Waals surface area contributed by atoms with Gasteiger partial charge in [0.05, 0.1) is 24.8 Å². The molecular weight excluding hydrogens is 455 g/mol. The minimum Gasteiger partial charge on any atom is -0.495 e. The second-order valence-electron chi connectivity index (χ2n) is 11.2. The van der Waals surface area contributed by atoms with E-state index in [0.29, 0.717) is 11.3 Å². The third-order valence-corrected chi connectivity index (χ3v) is 9.01. The molecule has 0 radical (unpaired) electrons. The van der Waals surface area contributed by atoms with Crippen molar-refractivity contribution < 1.29 is 14.0 Å². The third-order valence-electron chi connectivity index (χ3n) is 9.01. The maximum Gasteiger partial charge on any atom is 0.236 e. The van der Waals surface area contributed by atoms with Crippen molar-refractivity contribution in [1.82, 2.24) is 14.5 Å². The Morgan fingerprint density at radius 3 is 2.64 bits per heavy atom. The minimum atomic E-state index is -0.667. The number of fused-ring (bicyclic) bond motifs is 2. The number of benzene rings is 2. The SMILES string of the molecule is CCC1(c2ccc(F)cc2)ON=C2N1CC1(CC1)CC21CC1c1ccc(-n2cnc(C)c2)c(OC)c1. The van der Waals surface area contributed by atoms with Gasteiger partial charge < -0.3 is 19.0 Å². The van der Waals surface area contributed by atoms with Crippen LogP contribution in [0.4, 0.5) is 4.39 Å². The van der Waals surface area contributed by atoms with Crippen LogP contribution in [0.5, 0.6) is 5.75 Å². The van der Waals surface area contributed by atoms with Crippen LogP contribution in [-0.2, 0) is 10.6 Å². The highest BCUT2D eigenvalue weighted by molar-refractivity contribution is 5.94. The molecule has 1 aromatic heterocycles. The van der Waals surface area contributed by atoms with Gasteiger partial charge >= 0.3 is 0 Å². The molecule has 4 aliphatic rings. The summed E-state index contributed by atoms with van der Waals surface area (Å²) in [6.07, 6.45) is 9.28. The summed E-state index contributed by atoms with van der Waals surface area (Å²) < 4.78 is 21.6. The molecule has 36 heavy (non-hydrogen) atoms. The van der Waals surface area contributed by atoms with E-state index in [9.17, 15) is 4.39 Å². The monoisotopic (exact) mass is 486 g/mol. The number of nitrogens with zero attached hydrogens (tertiary/aromatic N) is 4. The summed E-state index contributed by atoms with van der Waals surface area (Å²) >= 11 is 0. The molecule has 3 fully saturated rings. The second-order valence-corrected chi connectivity index (χ2v) is 11.2. The van der Waals surface area contributed by atoms with E-state index >= 15 is 0 Å². The maximum atomic E-state index is 13.7. The van der Waals surface area contributed by atoms with Gasteiger partial charge in [0.1, 0.15) is 11.6 Å². The van der Waals surface area contributed by atoms with Crippen molar-refractivity contribution in [3.05, 3.63) is 77.6 Å². The smallest absolute Gasteiger partial charge is 0.236 e. The molecule has 2 saturated carbocycles. The number of oxime groups is 1. The van der Waals surface area contributed by atoms with Crippen LogP contribution in [0.1, 0.15) is 61.8 Å². The normalized spacial score (nSPS) is 29.2. The first-order valence-electron chi connectivity index (χ1n) is 12.9. The Morgan fingerprint density at radius 1 is 1.17 bits per heavy atom. The molecule has 3 aromatic rings. The van der Waals surface area contributed by atoms with Crippen LogP contribution in [-0.4, -0.2) is 33.9 Å². The second kappa shape index (κ2) is 7.34. The molecule has 186 valence electrons. The van der Waals surface area contributed by atoms with Gasteiger partial charge in [0.25, 0.3) is 0 Å². The largest absolute Gasteiger partial charge is 0.495 e. The summed E-state index contributed by atoms with van der Waals surface area (Å²) in [5.41, 5.74) is 3.84. The van der Waals surface area contributed by atoms with Crippen molar-refractivity contribution in [3.8, 4) is 11.4 Å². The number of hydrogen-bond acceptors (Lipinski definition) is 5. The van der Waals surface area contributed by atoms with E-state index in [1.54, 1.807) is 7.11 Å². The molecule has 2 aromatic carbocycles. The van der Waals surface area contributed by atoms with Gasteiger partial charge in [-0.15, -0.1) is 0 Å². The zero-order valence-corrected chi connectivity index (χ0v) is 21.0. The van der Waals surface area contributed by atoms with Crippen molar-refractivity contribution in [2.24, 2.45) is 16.0 Å². The highest BCUT2D eigenvalue weighted by atomic mass is 19.1. The van der Waals surface area contributed by atoms with Crippen LogP contribution in [0, 0.1) is 23.6 Å². The topological polar surface area (TPSA) is 51.9 Å². The number of piperidine rings is 1. The van der Waals surface area contributed by atoms with Crippen LogP contribution in [0.25, 0.3) is 5.69 Å². The molecule has 0 N–H and O–H groups in total. The predicted molar refractivity (Wildman–Crippen MR) is 135 cm³/mol. The Kier molecular flexibility index (Phi) is 4.46. The molecule has 0 amide bonds. The van der Waals surface area contributed by atoms with Gasteiger partial charge in [0, 0.05) is 30.1 Å². The molecular formula is C29H31FN4O2. The Morgan fingerprint density at radius 2 is 1.97 bits per heavy atom. The van der Waals surface area contributed by atoms with Crippen molar-refractivity contribution in [2.45, 2.75) is 57.6 Å². The number of rotatable bonds is 5. The average molecular weight is 487 g/mol. The summed E-state index contributed by atoms with van der Waals surface area (Å²) in [7, 11) is 1.73. The third kappa shape index (κ3) is 3.01. The van der Waals surface area contributed by atoms with Gasteiger partial charge in [-0.25, -0.2) is 9.37 Å². The lowest BCUT2D eigenvalue weighted by Gasteiger charge is -2.45. The van der Waals surface area contributed by atoms with Crippen molar-refractivity contribution >= 4 is 5.84 Å². The van der Waals surface area contributed by atoms with Crippen LogP contribution in [0.3, 0.4) is 0 Å². The first-order chi connectivity index (χ1) is 17.4. The molecule has 7 heteroatoms. The lowest BCUT2D eigenvalue weighted by molar-refractivity contribution is -0.117. The zero-order valence-electron chi connectivity index (χ0n) is 21.0. The number of halogens is 1. The van der Waals surface area contributed by atoms with Crippen LogP contribution < -0.4 is 4.74 Å². The van der Waals surface area contributed by atoms with Gasteiger partial charge in [-0.05, 0) is 73.8 Å². The van der Waals surface area contributed by atoms with Crippen molar-refractivity contribution in [3.63, 3.8) is 0 Å². The molecule has 2 spiro atoms. The van der Waals surface area contributed by atoms with Crippen LogP contribution in [0.15, 0.2) is 60.1 Å². The van der Waals surface area contributed by atoms with Gasteiger partial charge in [-0.2, -0.15) is 0 Å². The maximum absolute atomic E-state index is 13.7. The molecule has 3 heterocycles. The van der Waals surface area contributed by atoms with Gasteiger partial charge in [0.2, 0.25) is 5.72 Å². The summed E-state index contributed by atoms with van der Waals surface area (Å²) in [5, 5.41) is 4.78. The highest BCUT2D eigenvalue weighted by Gasteiger charge is 2.71. The van der Waals surface area contributed by atoms with Gasteiger partial charge in [-0.1, -0.05) is 30.3 Å². The highest BCUT2D eigenvalue weighted by Crippen LogP contribution is 2.73. The number of methoxy groups -OCH3 is 1. The van der Waals surface area contributed by atoms with E-state index < -0.39 is 5.72 Å². The van der Waals surface area contributed by atoms with E-state index in [-0.39, 0.29) is 11.2 Å². The Labute approximate surface area is 210 Å². The first-order valence-corrected chi connectivity index (χ1v) is 12.9. The predicted octanol–water partition coefficient (Wildman–Crippen LogP) is 5.89. The van der Waals surface area contributed by atoms with E-state index in [2.05, 4.69) is 35.0 Å². The zero-order chi connectivity index (χ0) is 24.7. The lowest BCUT2D eigenvalue weighted by Crippen LogP contribution is -2.54. The van der Waals surface area contributed by atoms with Crippen molar-refractivity contribution in [1.29, 1.82) is 0 Å². The quantitative estimate of drug-likeness (QED) is 0.451. The standard InChI is InChI=1S/C29H31FN4O2/c1-4-29(21-6-8-22(30)9-7-21)34-17-27(11-12-27)16-28(26(34)32-36-29)14-23(28)20-5-10-24(25(13-20)35-3)33-15-19(2)31-18-33/h5-10,13,15,18,23H,4,11-12,14,16-17H2,1-3H3. The fourth-order valence-corrected chi connectivity index (χ4v) is 6.84. The Bertz CT molecular complexity index is 1380. The summed E-state index contributed by atoms with van der Waals surface area (Å²) in [6, 6.07) is 13.3. The van der Waals surface area contributed by atoms with E-state index in [4.69, 9.17) is 14.7 Å². The van der Waals surface area contributed by atoms with Crippen molar-refractivity contribution in [2.75, 3.05) is 13.7 Å². The van der Waals surface area contributed by atoms with E-state index in [1.807, 2.05) is 36.1 Å². The molecule has 1 saturated heterocycles. The molecule has 3 atom stereocenters. The Balaban J connectivity index is 1.25. The number of hydrogen-bond donors (Lipinski definition) is 0. The van der Waals surface area contributed by atoms with Crippen LogP contribution >= 0.6 is 0 Å². The number of amidine groups is 1. The average Bonchev–Trinajstić information content (AvgIpc) is 3.69. The summed E-state index contributed by atoms with van der Waals surface area (Å²) in [4.78, 5) is 13.1. The number of aromatic nitrogens is 2. The fourth-order valence-electron chi connectivity index (χ4n) is 6.84. The molecule has 7 rings (SSSR count). The minimum absolute atomic E-state index is 0.0240. The molecule has 3 unspecified atom stereocenters. The molecule has 6 nitrogen and oxygen atoms in total. The number of ether oxygens (including phenoxy) is 1. The summed E-state index contributed by atoms with van der Waals surface area (Å²) in [5.74, 6) is 2.06. The number of imidazole rings is 1. The number of aryl methyl sites for hydroxylation is 1. The summed E-state index contributed by atoms with van der Waals surface area (Å²) in [6.45, 7) is 5.07. The Hall–Kier alpha value is -3.35. The lowest BCUT2D eigenvalue weighted by atomic mass is 9.78. The fraction of sp³-hybridized carbons (Fsp3) is 0.448. The van der Waals surface area contributed by atoms with Gasteiger partial charge in [0.15, 0.2) is 5.84 Å². The molecule has 0 bridgehead atoms. The van der Waals surface area contributed by atoms with Gasteiger partial charge in [-0.3, -0.25) is 0 Å². The molecule has 2 aliphatic carbocycles. The van der Waals surface area contributed by atoms with Crippen LogP contribution in [0.2, 0.25) is 0 Å². The van der Waals surface area contributed by atoms with E-state index in [0.717, 1.165) is 54.3 Å².